The number of aromatic nitrogens is 2. The van der Waals surface area contributed by atoms with Crippen molar-refractivity contribution in [3.8, 4) is 11.3 Å². The van der Waals surface area contributed by atoms with E-state index < -0.39 is 0 Å². The molecule has 0 radical (unpaired) electrons. The summed E-state index contributed by atoms with van der Waals surface area (Å²) in [4.78, 5) is 10.8. The number of anilines is 2. The molecule has 0 amide bonds. The molecule has 0 atom stereocenters. The van der Waals surface area contributed by atoms with E-state index in [0.29, 0.717) is 0 Å². The molecule has 0 aliphatic rings. The Morgan fingerprint density at radius 3 is 2.35 bits per heavy atom. The summed E-state index contributed by atoms with van der Waals surface area (Å²) in [5.74, 6) is 0.951. The minimum atomic E-state index is 0. The van der Waals surface area contributed by atoms with E-state index in [4.69, 9.17) is 5.73 Å². The SMILES string of the molecule is CCN(CC)c1cc(-c2cccc(N)c2)ncn1.Cl.Cl. The fraction of sp³-hybridized carbons (Fsp3) is 0.286. The first-order chi connectivity index (χ1) is 8.74. The highest BCUT2D eigenvalue weighted by Crippen LogP contribution is 2.22. The van der Waals surface area contributed by atoms with Crippen molar-refractivity contribution in [2.24, 2.45) is 0 Å². The number of benzene rings is 1. The number of nitrogen functional groups attached to an aromatic ring is 1. The van der Waals surface area contributed by atoms with Gasteiger partial charge in [-0.3, -0.25) is 0 Å². The number of halogens is 2. The number of hydrogen-bond donors (Lipinski definition) is 1. The Morgan fingerprint density at radius 2 is 1.75 bits per heavy atom. The summed E-state index contributed by atoms with van der Waals surface area (Å²) in [6.45, 7) is 6.10. The van der Waals surface area contributed by atoms with Crippen LogP contribution in [-0.4, -0.2) is 23.1 Å². The van der Waals surface area contributed by atoms with Crippen molar-refractivity contribution in [2.75, 3.05) is 23.7 Å². The molecule has 6 heteroatoms. The van der Waals surface area contributed by atoms with E-state index in [-0.39, 0.29) is 24.8 Å². The van der Waals surface area contributed by atoms with Crippen molar-refractivity contribution < 1.29 is 0 Å². The van der Waals surface area contributed by atoms with Gasteiger partial charge in [0.25, 0.3) is 0 Å². The molecule has 110 valence electrons. The molecule has 0 bridgehead atoms. The zero-order valence-electron chi connectivity index (χ0n) is 11.6. The third kappa shape index (κ3) is 4.25. The number of nitrogens with zero attached hydrogens (tertiary/aromatic N) is 3. The van der Waals surface area contributed by atoms with Crippen LogP contribution < -0.4 is 10.6 Å². The summed E-state index contributed by atoms with van der Waals surface area (Å²) in [6.07, 6.45) is 1.60. The van der Waals surface area contributed by atoms with Crippen LogP contribution in [0, 0.1) is 0 Å². The van der Waals surface area contributed by atoms with Gasteiger partial charge >= 0.3 is 0 Å². The quantitative estimate of drug-likeness (QED) is 0.879. The van der Waals surface area contributed by atoms with Gasteiger partial charge in [-0.05, 0) is 26.0 Å². The Balaban J connectivity index is 0.00000180. The lowest BCUT2D eigenvalue weighted by Gasteiger charge is -2.19. The van der Waals surface area contributed by atoms with Gasteiger partial charge in [0.05, 0.1) is 5.69 Å². The van der Waals surface area contributed by atoms with Gasteiger partial charge in [-0.2, -0.15) is 0 Å². The largest absolute Gasteiger partial charge is 0.399 e. The molecule has 20 heavy (non-hydrogen) atoms. The molecule has 0 fully saturated rings. The van der Waals surface area contributed by atoms with Crippen molar-refractivity contribution in [1.82, 2.24) is 9.97 Å². The van der Waals surface area contributed by atoms with E-state index in [2.05, 4.69) is 28.7 Å². The molecule has 1 aromatic carbocycles. The van der Waals surface area contributed by atoms with Crippen LogP contribution in [0.5, 0.6) is 0 Å². The van der Waals surface area contributed by atoms with Crippen LogP contribution in [0.2, 0.25) is 0 Å². The Morgan fingerprint density at radius 1 is 1.05 bits per heavy atom. The van der Waals surface area contributed by atoms with Crippen LogP contribution in [0.1, 0.15) is 13.8 Å². The zero-order chi connectivity index (χ0) is 13.0. The van der Waals surface area contributed by atoms with Crippen LogP contribution in [0.3, 0.4) is 0 Å². The minimum absolute atomic E-state index is 0. The van der Waals surface area contributed by atoms with Crippen molar-refractivity contribution >= 4 is 36.3 Å². The average Bonchev–Trinajstić information content (AvgIpc) is 2.41. The summed E-state index contributed by atoms with van der Waals surface area (Å²) in [5.41, 5.74) is 8.46. The molecule has 1 heterocycles. The molecule has 2 N–H and O–H groups in total. The second-order valence-corrected chi connectivity index (χ2v) is 4.06. The number of rotatable bonds is 4. The molecule has 1 aromatic heterocycles. The fourth-order valence-corrected chi connectivity index (χ4v) is 1.92. The Bertz CT molecular complexity index is 530. The highest BCUT2D eigenvalue weighted by molar-refractivity contribution is 5.85. The molecular weight excluding hydrogens is 295 g/mol. The van der Waals surface area contributed by atoms with Crippen LogP contribution in [0.15, 0.2) is 36.7 Å². The zero-order valence-corrected chi connectivity index (χ0v) is 13.2. The molecule has 0 saturated carbocycles. The summed E-state index contributed by atoms with van der Waals surface area (Å²) >= 11 is 0. The Labute approximate surface area is 132 Å². The molecule has 0 unspecified atom stereocenters. The van der Waals surface area contributed by atoms with Crippen LogP contribution in [0.25, 0.3) is 11.3 Å². The highest BCUT2D eigenvalue weighted by Gasteiger charge is 2.06. The molecule has 2 rings (SSSR count). The van der Waals surface area contributed by atoms with E-state index in [1.54, 1.807) is 6.33 Å². The second kappa shape index (κ2) is 8.61. The van der Waals surface area contributed by atoms with Gasteiger partial charge in [0.15, 0.2) is 0 Å². The highest BCUT2D eigenvalue weighted by atomic mass is 35.5. The molecule has 2 aromatic rings. The first-order valence-corrected chi connectivity index (χ1v) is 6.17. The molecule has 0 spiro atoms. The topological polar surface area (TPSA) is 55.0 Å². The van der Waals surface area contributed by atoms with Crippen LogP contribution in [-0.2, 0) is 0 Å². The lowest BCUT2D eigenvalue weighted by Crippen LogP contribution is -2.22. The van der Waals surface area contributed by atoms with Gasteiger partial charge in [-0.1, -0.05) is 12.1 Å². The van der Waals surface area contributed by atoms with Crippen molar-refractivity contribution in [3.05, 3.63) is 36.7 Å². The van der Waals surface area contributed by atoms with E-state index in [9.17, 15) is 0 Å². The standard InChI is InChI=1S/C14H18N4.2ClH/c1-3-18(4-2)14-9-13(16-10-17-14)11-6-5-7-12(15)8-11;;/h5-10H,3-4,15H2,1-2H3;2*1H. The summed E-state index contributed by atoms with van der Waals surface area (Å²) < 4.78 is 0. The van der Waals surface area contributed by atoms with Crippen LogP contribution >= 0.6 is 24.8 Å². The van der Waals surface area contributed by atoms with E-state index in [0.717, 1.165) is 35.9 Å². The summed E-state index contributed by atoms with van der Waals surface area (Å²) in [6, 6.07) is 9.74. The van der Waals surface area contributed by atoms with Gasteiger partial charge in [0, 0.05) is 30.4 Å². The first-order valence-electron chi connectivity index (χ1n) is 6.17. The predicted molar refractivity (Wildman–Crippen MR) is 89.9 cm³/mol. The first kappa shape index (κ1) is 18.5. The second-order valence-electron chi connectivity index (χ2n) is 4.06. The molecule has 0 aliphatic heterocycles. The third-order valence-corrected chi connectivity index (χ3v) is 2.92. The van der Waals surface area contributed by atoms with Crippen LogP contribution in [0.4, 0.5) is 11.5 Å². The number of hydrogen-bond acceptors (Lipinski definition) is 4. The maximum Gasteiger partial charge on any atom is 0.132 e. The monoisotopic (exact) mass is 314 g/mol. The lowest BCUT2D eigenvalue weighted by atomic mass is 10.1. The van der Waals surface area contributed by atoms with E-state index >= 15 is 0 Å². The normalized spacial score (nSPS) is 9.30. The van der Waals surface area contributed by atoms with Crippen molar-refractivity contribution in [1.29, 1.82) is 0 Å². The maximum atomic E-state index is 5.79. The lowest BCUT2D eigenvalue weighted by molar-refractivity contribution is 0.842. The van der Waals surface area contributed by atoms with Crippen molar-refractivity contribution in [3.63, 3.8) is 0 Å². The van der Waals surface area contributed by atoms with Crippen molar-refractivity contribution in [2.45, 2.75) is 13.8 Å². The van der Waals surface area contributed by atoms with Gasteiger partial charge in [-0.25, -0.2) is 9.97 Å². The summed E-state index contributed by atoms with van der Waals surface area (Å²) in [5, 5.41) is 0. The van der Waals surface area contributed by atoms with Gasteiger partial charge in [0.1, 0.15) is 12.1 Å². The Kier molecular flexibility index (Phi) is 7.96. The van der Waals surface area contributed by atoms with Gasteiger partial charge < -0.3 is 10.6 Å². The van der Waals surface area contributed by atoms with Gasteiger partial charge in [-0.15, -0.1) is 24.8 Å². The smallest absolute Gasteiger partial charge is 0.132 e. The molecule has 0 saturated heterocycles. The Hall–Kier alpha value is -1.52. The average molecular weight is 315 g/mol. The molecule has 0 aliphatic carbocycles. The third-order valence-electron chi connectivity index (χ3n) is 2.92. The molecular formula is C14H20Cl2N4. The predicted octanol–water partition coefficient (Wildman–Crippen LogP) is 3.42. The van der Waals surface area contributed by atoms with Gasteiger partial charge in [0.2, 0.25) is 0 Å². The summed E-state index contributed by atoms with van der Waals surface area (Å²) in [7, 11) is 0. The van der Waals surface area contributed by atoms with E-state index in [1.165, 1.54) is 0 Å². The maximum absolute atomic E-state index is 5.79. The number of nitrogens with two attached hydrogens (primary N) is 1. The molecule has 4 nitrogen and oxygen atoms in total. The van der Waals surface area contributed by atoms with E-state index in [1.807, 2.05) is 30.3 Å². The fourth-order valence-electron chi connectivity index (χ4n) is 1.92. The minimum Gasteiger partial charge on any atom is -0.399 e.